The van der Waals surface area contributed by atoms with Gasteiger partial charge in [-0.05, 0) is 73.6 Å². The molecule has 0 bridgehead atoms. The van der Waals surface area contributed by atoms with Crippen molar-refractivity contribution < 1.29 is 0 Å². The smallest absolute Gasteiger partial charge is 0.151 e. The SMILES string of the molecule is CC(C)n1cc(CC2(N)CN(c3ccc(C(=N)c4cc(C[C@H](C)c5c(Cl)cncc5Cl)ccc4N)nn3)C2)cn1. The van der Waals surface area contributed by atoms with Crippen molar-refractivity contribution in [3.05, 3.63) is 93.1 Å². The van der Waals surface area contributed by atoms with E-state index >= 15 is 0 Å². The van der Waals surface area contributed by atoms with Crippen molar-refractivity contribution in [1.29, 1.82) is 5.41 Å². The van der Waals surface area contributed by atoms with Gasteiger partial charge in [0.05, 0.1) is 27.5 Å². The van der Waals surface area contributed by atoms with Crippen LogP contribution in [-0.2, 0) is 12.8 Å². The fraction of sp³-hybridized carbons (Fsp3) is 0.345. The average molecular weight is 579 g/mol. The summed E-state index contributed by atoms with van der Waals surface area (Å²) in [6.45, 7) is 7.60. The lowest BCUT2D eigenvalue weighted by atomic mass is 9.85. The molecule has 1 aliphatic heterocycles. The largest absolute Gasteiger partial charge is 0.398 e. The molecule has 0 spiro atoms. The van der Waals surface area contributed by atoms with E-state index in [1.54, 1.807) is 18.5 Å². The Bertz CT molecular complexity index is 1500. The lowest BCUT2D eigenvalue weighted by molar-refractivity contribution is 0.327. The maximum atomic E-state index is 8.81. The zero-order valence-electron chi connectivity index (χ0n) is 22.8. The van der Waals surface area contributed by atoms with Crippen LogP contribution in [0.3, 0.4) is 0 Å². The van der Waals surface area contributed by atoms with E-state index in [-0.39, 0.29) is 17.2 Å². The van der Waals surface area contributed by atoms with Crippen LogP contribution >= 0.6 is 23.2 Å². The summed E-state index contributed by atoms with van der Waals surface area (Å²) in [4.78, 5) is 6.13. The molecule has 5 rings (SSSR count). The first-order valence-corrected chi connectivity index (χ1v) is 14.0. The van der Waals surface area contributed by atoms with Crippen molar-refractivity contribution in [3.63, 3.8) is 0 Å². The Morgan fingerprint density at radius 3 is 2.38 bits per heavy atom. The van der Waals surface area contributed by atoms with Crippen molar-refractivity contribution in [3.8, 4) is 0 Å². The Labute approximate surface area is 244 Å². The number of rotatable bonds is 9. The van der Waals surface area contributed by atoms with E-state index in [0.29, 0.717) is 52.5 Å². The second-order valence-electron chi connectivity index (χ2n) is 11.0. The second kappa shape index (κ2) is 11.2. The van der Waals surface area contributed by atoms with Gasteiger partial charge in [-0.3, -0.25) is 15.1 Å². The minimum absolute atomic E-state index is 0.0466. The van der Waals surface area contributed by atoms with E-state index in [9.17, 15) is 0 Å². The van der Waals surface area contributed by atoms with Crippen LogP contribution in [-0.4, -0.2) is 49.3 Å². The summed E-state index contributed by atoms with van der Waals surface area (Å²) in [6.07, 6.45) is 8.57. The Kier molecular flexibility index (Phi) is 7.81. The number of halogens is 2. The predicted molar refractivity (Wildman–Crippen MR) is 161 cm³/mol. The van der Waals surface area contributed by atoms with E-state index < -0.39 is 0 Å². The van der Waals surface area contributed by atoms with Gasteiger partial charge in [0.25, 0.3) is 0 Å². The number of aromatic nitrogens is 5. The molecule has 0 radical (unpaired) electrons. The summed E-state index contributed by atoms with van der Waals surface area (Å²) in [6, 6.07) is 9.69. The van der Waals surface area contributed by atoms with Crippen molar-refractivity contribution >= 4 is 40.4 Å². The molecule has 1 saturated heterocycles. The molecule has 11 heteroatoms. The summed E-state index contributed by atoms with van der Waals surface area (Å²) in [5, 5.41) is 23.0. The van der Waals surface area contributed by atoms with E-state index in [1.165, 1.54) is 0 Å². The molecule has 1 aliphatic rings. The predicted octanol–water partition coefficient (Wildman–Crippen LogP) is 5.06. The quantitative estimate of drug-likeness (QED) is 0.187. The molecule has 40 heavy (non-hydrogen) atoms. The highest BCUT2D eigenvalue weighted by atomic mass is 35.5. The Morgan fingerprint density at radius 1 is 1.02 bits per heavy atom. The van der Waals surface area contributed by atoms with Gasteiger partial charge in [0.15, 0.2) is 5.82 Å². The van der Waals surface area contributed by atoms with Crippen molar-refractivity contribution in [2.24, 2.45) is 5.73 Å². The number of nitrogens with two attached hydrogens (primary N) is 2. The van der Waals surface area contributed by atoms with E-state index in [0.717, 1.165) is 28.9 Å². The van der Waals surface area contributed by atoms with Crippen LogP contribution in [0.5, 0.6) is 0 Å². The van der Waals surface area contributed by atoms with Gasteiger partial charge in [0, 0.05) is 49.0 Å². The third kappa shape index (κ3) is 5.82. The summed E-state index contributed by atoms with van der Waals surface area (Å²) < 4.78 is 1.95. The minimum atomic E-state index is -0.339. The lowest BCUT2D eigenvalue weighted by Crippen LogP contribution is -2.68. The van der Waals surface area contributed by atoms with Crippen LogP contribution in [0.15, 0.2) is 55.1 Å². The molecule has 9 nitrogen and oxygen atoms in total. The molecular weight excluding hydrogens is 545 g/mol. The molecule has 0 saturated carbocycles. The van der Waals surface area contributed by atoms with Gasteiger partial charge in [-0.15, -0.1) is 10.2 Å². The molecule has 0 aliphatic carbocycles. The van der Waals surface area contributed by atoms with Crippen molar-refractivity contribution in [2.45, 2.75) is 51.1 Å². The maximum Gasteiger partial charge on any atom is 0.151 e. The van der Waals surface area contributed by atoms with E-state index in [2.05, 4.69) is 52.1 Å². The van der Waals surface area contributed by atoms with Crippen LogP contribution in [0.1, 0.15) is 60.7 Å². The third-order valence-electron chi connectivity index (χ3n) is 7.29. The molecule has 4 aromatic rings. The Balaban J connectivity index is 1.24. The van der Waals surface area contributed by atoms with Crippen LogP contribution in [0, 0.1) is 5.41 Å². The number of hydrogen-bond acceptors (Lipinski definition) is 8. The fourth-order valence-electron chi connectivity index (χ4n) is 5.21. The fourth-order valence-corrected chi connectivity index (χ4v) is 5.94. The topological polar surface area (TPSA) is 136 Å². The molecule has 4 heterocycles. The minimum Gasteiger partial charge on any atom is -0.398 e. The van der Waals surface area contributed by atoms with Crippen LogP contribution in [0.4, 0.5) is 11.5 Å². The number of nitrogens with zero attached hydrogens (tertiary/aromatic N) is 6. The standard InChI is InChI=1S/C29H33Cl2N9/c1-17(2)40-14-20(11-36-40)10-29(34)15-39(16-29)26-7-6-25(37-38-26)28(33)21-9-19(4-5-24(21)32)8-18(3)27-22(30)12-35-13-23(27)31/h4-7,9,11-14,17-18,33H,8,10,15-16,32,34H2,1-3H3/t18-/m0/s1. The highest BCUT2D eigenvalue weighted by molar-refractivity contribution is 6.35. The number of benzene rings is 1. The first-order valence-electron chi connectivity index (χ1n) is 13.2. The van der Waals surface area contributed by atoms with Gasteiger partial charge in [-0.2, -0.15) is 5.10 Å². The maximum absolute atomic E-state index is 8.81. The van der Waals surface area contributed by atoms with Crippen LogP contribution < -0.4 is 16.4 Å². The zero-order valence-corrected chi connectivity index (χ0v) is 24.3. The first kappa shape index (κ1) is 28.0. The van der Waals surface area contributed by atoms with E-state index in [1.807, 2.05) is 35.1 Å². The number of anilines is 2. The van der Waals surface area contributed by atoms with Crippen molar-refractivity contribution in [1.82, 2.24) is 25.0 Å². The molecule has 5 N–H and O–H groups in total. The Morgan fingerprint density at radius 2 is 1.75 bits per heavy atom. The number of pyridine rings is 1. The summed E-state index contributed by atoms with van der Waals surface area (Å²) in [5.41, 5.74) is 17.3. The normalized spacial score (nSPS) is 15.2. The molecule has 208 valence electrons. The van der Waals surface area contributed by atoms with E-state index in [4.69, 9.17) is 40.1 Å². The molecule has 1 fully saturated rings. The molecule has 3 aromatic heterocycles. The zero-order chi connectivity index (χ0) is 28.6. The van der Waals surface area contributed by atoms with Gasteiger partial charge < -0.3 is 16.4 Å². The summed E-state index contributed by atoms with van der Waals surface area (Å²) >= 11 is 12.7. The summed E-state index contributed by atoms with van der Waals surface area (Å²) in [7, 11) is 0. The summed E-state index contributed by atoms with van der Waals surface area (Å²) in [5.74, 6) is 0.780. The Hall–Kier alpha value is -3.53. The number of nitrogen functional groups attached to an aromatic ring is 1. The number of nitrogens with one attached hydrogen (secondary N) is 1. The third-order valence-corrected chi connectivity index (χ3v) is 7.90. The van der Waals surface area contributed by atoms with Gasteiger partial charge >= 0.3 is 0 Å². The molecule has 1 aromatic carbocycles. The van der Waals surface area contributed by atoms with Gasteiger partial charge in [-0.1, -0.05) is 36.2 Å². The van der Waals surface area contributed by atoms with Gasteiger partial charge in [-0.25, -0.2) is 0 Å². The molecule has 0 unspecified atom stereocenters. The van der Waals surface area contributed by atoms with Gasteiger partial charge in [0.2, 0.25) is 0 Å². The highest BCUT2D eigenvalue weighted by Crippen LogP contribution is 2.33. The van der Waals surface area contributed by atoms with Gasteiger partial charge in [0.1, 0.15) is 5.69 Å². The highest BCUT2D eigenvalue weighted by Gasteiger charge is 2.40. The van der Waals surface area contributed by atoms with Crippen LogP contribution in [0.2, 0.25) is 10.0 Å². The molecular formula is C29H33Cl2N9. The molecule has 0 amide bonds. The second-order valence-corrected chi connectivity index (χ2v) is 11.8. The first-order chi connectivity index (χ1) is 19.0. The van der Waals surface area contributed by atoms with Crippen LogP contribution in [0.25, 0.3) is 0 Å². The molecule has 1 atom stereocenters. The van der Waals surface area contributed by atoms with Crippen molar-refractivity contribution in [2.75, 3.05) is 23.7 Å². The monoisotopic (exact) mass is 577 g/mol. The number of hydrogen-bond donors (Lipinski definition) is 3. The lowest BCUT2D eigenvalue weighted by Gasteiger charge is -2.48. The average Bonchev–Trinajstić information content (AvgIpc) is 3.36.